The minimum absolute atomic E-state index is 0.123. The van der Waals surface area contributed by atoms with Crippen LogP contribution in [0.4, 0.5) is 5.69 Å². The van der Waals surface area contributed by atoms with Crippen molar-refractivity contribution >= 4 is 11.6 Å². The van der Waals surface area contributed by atoms with Crippen LogP contribution in [-0.2, 0) is 11.2 Å². The monoisotopic (exact) mass is 270 g/mol. The maximum absolute atomic E-state index is 11.5. The Balaban J connectivity index is 1.59. The molecule has 1 aliphatic heterocycles. The van der Waals surface area contributed by atoms with Crippen LogP contribution in [0.1, 0.15) is 42.9 Å². The molecule has 2 saturated carbocycles. The molecule has 0 radical (unpaired) electrons. The number of nitrogens with one attached hydrogen (secondary N) is 2. The van der Waals surface area contributed by atoms with Gasteiger partial charge in [-0.1, -0.05) is 25.0 Å². The van der Waals surface area contributed by atoms with E-state index in [-0.39, 0.29) is 5.91 Å². The van der Waals surface area contributed by atoms with Crippen LogP contribution in [0.2, 0.25) is 0 Å². The molecule has 0 saturated heterocycles. The van der Waals surface area contributed by atoms with Gasteiger partial charge in [0, 0.05) is 11.7 Å². The van der Waals surface area contributed by atoms with Crippen molar-refractivity contribution in [3.63, 3.8) is 0 Å². The third kappa shape index (κ3) is 1.87. The molecule has 2 N–H and O–H groups in total. The first-order valence-electron chi connectivity index (χ1n) is 7.88. The molecule has 3 aliphatic rings. The molecule has 2 aliphatic carbocycles. The van der Waals surface area contributed by atoms with E-state index in [1.54, 1.807) is 0 Å². The van der Waals surface area contributed by atoms with Crippen LogP contribution < -0.4 is 10.6 Å². The Hall–Kier alpha value is -1.35. The minimum Gasteiger partial charge on any atom is -0.326 e. The summed E-state index contributed by atoms with van der Waals surface area (Å²) in [7, 11) is 2.08. The third-order valence-corrected chi connectivity index (χ3v) is 5.53. The van der Waals surface area contributed by atoms with Crippen LogP contribution in [0.25, 0.3) is 0 Å². The molecule has 1 amide bonds. The summed E-state index contributed by atoms with van der Waals surface area (Å²) < 4.78 is 0. The largest absolute Gasteiger partial charge is 0.326 e. The van der Waals surface area contributed by atoms with Crippen molar-refractivity contribution < 1.29 is 4.79 Å². The normalized spacial score (nSPS) is 32.2. The first-order valence-corrected chi connectivity index (χ1v) is 7.88. The summed E-state index contributed by atoms with van der Waals surface area (Å²) in [4.78, 5) is 11.5. The molecular weight excluding hydrogens is 248 g/mol. The second kappa shape index (κ2) is 4.59. The van der Waals surface area contributed by atoms with Crippen LogP contribution in [0, 0.1) is 17.8 Å². The lowest BCUT2D eigenvalue weighted by molar-refractivity contribution is -0.115. The number of benzene rings is 1. The first kappa shape index (κ1) is 12.4. The zero-order valence-corrected chi connectivity index (χ0v) is 12.0. The highest BCUT2D eigenvalue weighted by atomic mass is 16.1. The van der Waals surface area contributed by atoms with Gasteiger partial charge < -0.3 is 10.6 Å². The van der Waals surface area contributed by atoms with E-state index >= 15 is 0 Å². The van der Waals surface area contributed by atoms with Gasteiger partial charge in [-0.25, -0.2) is 0 Å². The first-order chi connectivity index (χ1) is 9.78. The van der Waals surface area contributed by atoms with Gasteiger partial charge in [0.15, 0.2) is 0 Å². The third-order valence-electron chi connectivity index (χ3n) is 5.53. The van der Waals surface area contributed by atoms with Crippen LogP contribution in [0.15, 0.2) is 18.2 Å². The lowest BCUT2D eigenvalue weighted by Crippen LogP contribution is -2.20. The number of rotatable bonds is 3. The molecule has 1 heterocycles. The lowest BCUT2D eigenvalue weighted by atomic mass is 9.97. The van der Waals surface area contributed by atoms with E-state index in [2.05, 4.69) is 35.9 Å². The highest BCUT2D eigenvalue weighted by Gasteiger charge is 2.54. The molecule has 3 heteroatoms. The summed E-state index contributed by atoms with van der Waals surface area (Å²) >= 11 is 0. The van der Waals surface area contributed by atoms with Crippen LogP contribution in [0.3, 0.4) is 0 Å². The number of amides is 1. The molecule has 1 aromatic rings. The molecule has 3 nitrogen and oxygen atoms in total. The van der Waals surface area contributed by atoms with E-state index in [4.69, 9.17) is 0 Å². The van der Waals surface area contributed by atoms with Crippen molar-refractivity contribution in [3.05, 3.63) is 29.3 Å². The molecule has 4 rings (SSSR count). The van der Waals surface area contributed by atoms with Gasteiger partial charge >= 0.3 is 0 Å². The summed E-state index contributed by atoms with van der Waals surface area (Å²) in [5.74, 6) is 2.81. The Morgan fingerprint density at radius 2 is 2.00 bits per heavy atom. The molecular formula is C17H22N2O. The fourth-order valence-electron chi connectivity index (χ4n) is 4.57. The second-order valence-corrected chi connectivity index (χ2v) is 6.60. The summed E-state index contributed by atoms with van der Waals surface area (Å²) in [5.41, 5.74) is 3.53. The summed E-state index contributed by atoms with van der Waals surface area (Å²) in [6.45, 7) is 0. The number of carbonyl (C=O) groups excluding carboxylic acids is 1. The Morgan fingerprint density at radius 3 is 2.70 bits per heavy atom. The molecule has 0 aromatic heterocycles. The fourth-order valence-corrected chi connectivity index (χ4v) is 4.57. The molecule has 0 spiro atoms. The van der Waals surface area contributed by atoms with Gasteiger partial charge in [0.05, 0.1) is 6.42 Å². The average Bonchev–Trinajstić information content (AvgIpc) is 3.04. The van der Waals surface area contributed by atoms with Crippen molar-refractivity contribution in [3.8, 4) is 0 Å². The minimum atomic E-state index is 0.123. The van der Waals surface area contributed by atoms with E-state index < -0.39 is 0 Å². The topological polar surface area (TPSA) is 41.1 Å². The maximum atomic E-state index is 11.5. The molecule has 1 aromatic carbocycles. The quantitative estimate of drug-likeness (QED) is 0.886. The van der Waals surface area contributed by atoms with Crippen molar-refractivity contribution in [2.75, 3.05) is 12.4 Å². The van der Waals surface area contributed by atoms with E-state index in [0.29, 0.717) is 12.5 Å². The van der Waals surface area contributed by atoms with Crippen molar-refractivity contribution in [2.24, 2.45) is 17.8 Å². The molecule has 0 bridgehead atoms. The Kier molecular flexibility index (Phi) is 2.84. The number of hydrogen-bond acceptors (Lipinski definition) is 2. The zero-order valence-electron chi connectivity index (χ0n) is 12.0. The van der Waals surface area contributed by atoms with Crippen LogP contribution in [-0.4, -0.2) is 13.0 Å². The van der Waals surface area contributed by atoms with E-state index in [1.165, 1.54) is 31.2 Å². The van der Waals surface area contributed by atoms with Crippen LogP contribution >= 0.6 is 0 Å². The predicted octanol–water partition coefficient (Wildman–Crippen LogP) is 2.88. The summed E-state index contributed by atoms with van der Waals surface area (Å²) in [6, 6.07) is 6.96. The highest BCUT2D eigenvalue weighted by molar-refractivity contribution is 5.99. The molecule has 106 valence electrons. The second-order valence-electron chi connectivity index (χ2n) is 6.60. The van der Waals surface area contributed by atoms with Gasteiger partial charge in [0.2, 0.25) is 5.91 Å². The summed E-state index contributed by atoms with van der Waals surface area (Å²) in [6.07, 6.45) is 6.20. The van der Waals surface area contributed by atoms with E-state index in [0.717, 1.165) is 29.0 Å². The number of hydrogen-bond donors (Lipinski definition) is 2. The zero-order chi connectivity index (χ0) is 13.7. The Bertz CT molecular complexity index is 542. The average molecular weight is 270 g/mol. The van der Waals surface area contributed by atoms with Gasteiger partial charge in [0.25, 0.3) is 0 Å². The van der Waals surface area contributed by atoms with Gasteiger partial charge in [0.1, 0.15) is 0 Å². The van der Waals surface area contributed by atoms with Crippen molar-refractivity contribution in [1.29, 1.82) is 0 Å². The number of anilines is 1. The van der Waals surface area contributed by atoms with E-state index in [1.807, 2.05) is 0 Å². The van der Waals surface area contributed by atoms with Crippen molar-refractivity contribution in [2.45, 2.75) is 38.1 Å². The Morgan fingerprint density at radius 1 is 1.25 bits per heavy atom. The smallest absolute Gasteiger partial charge is 0.228 e. The standard InChI is InChI=1S/C17H22N2O/c1-18-17(16-12-4-2-3-5-13(12)16)10-6-7-14-11(8-10)9-15(20)19-14/h6-8,12-13,16-18H,2-5,9H2,1H3,(H,19,20). The molecule has 2 fully saturated rings. The molecule has 3 unspecified atom stereocenters. The number of fused-ring (bicyclic) bond motifs is 2. The highest BCUT2D eigenvalue weighted by Crippen LogP contribution is 2.60. The van der Waals surface area contributed by atoms with Crippen LogP contribution in [0.5, 0.6) is 0 Å². The predicted molar refractivity (Wildman–Crippen MR) is 79.5 cm³/mol. The lowest BCUT2D eigenvalue weighted by Gasteiger charge is -2.18. The fraction of sp³-hybridized carbons (Fsp3) is 0.588. The van der Waals surface area contributed by atoms with Gasteiger partial charge in [-0.05, 0) is 54.8 Å². The van der Waals surface area contributed by atoms with Gasteiger partial charge in [-0.2, -0.15) is 0 Å². The Labute approximate surface area is 120 Å². The van der Waals surface area contributed by atoms with Crippen molar-refractivity contribution in [1.82, 2.24) is 5.32 Å². The van der Waals surface area contributed by atoms with Gasteiger partial charge in [-0.3, -0.25) is 4.79 Å². The van der Waals surface area contributed by atoms with Gasteiger partial charge in [-0.15, -0.1) is 0 Å². The SMILES string of the molecule is CNC(c1ccc2c(c1)CC(=O)N2)C1C2CCCCC21. The molecule has 3 atom stereocenters. The van der Waals surface area contributed by atoms with E-state index in [9.17, 15) is 4.79 Å². The maximum Gasteiger partial charge on any atom is 0.228 e. The number of carbonyl (C=O) groups is 1. The summed E-state index contributed by atoms with van der Waals surface area (Å²) in [5, 5.41) is 6.45. The molecule has 20 heavy (non-hydrogen) atoms.